The van der Waals surface area contributed by atoms with Gasteiger partial charge in [0.1, 0.15) is 0 Å². The Bertz CT molecular complexity index is 334. The maximum atomic E-state index is 11.3. The lowest BCUT2D eigenvalue weighted by molar-refractivity contribution is -0.116. The zero-order valence-electron chi connectivity index (χ0n) is 9.16. The predicted molar refractivity (Wildman–Crippen MR) is 60.6 cm³/mol. The van der Waals surface area contributed by atoms with Crippen LogP contribution in [-0.4, -0.2) is 11.0 Å². The van der Waals surface area contributed by atoms with Gasteiger partial charge in [-0.3, -0.25) is 4.79 Å². The van der Waals surface area contributed by atoms with Gasteiger partial charge in [-0.05, 0) is 31.0 Å². The lowest BCUT2D eigenvalue weighted by atomic mass is 10.1. The quantitative estimate of drug-likeness (QED) is 0.796. The van der Waals surface area contributed by atoms with Crippen molar-refractivity contribution in [2.75, 3.05) is 5.32 Å². The van der Waals surface area contributed by atoms with E-state index in [0.29, 0.717) is 6.42 Å². The standard InChI is InChI=1S/C12H17NO2/c1-3-5-12(15)13-11-7-4-6-10(8-11)9(2)14/h4,6-9,14H,3,5H2,1-2H3,(H,13,15). The fourth-order valence-corrected chi connectivity index (χ4v) is 1.33. The van der Waals surface area contributed by atoms with Crippen LogP contribution in [-0.2, 0) is 4.79 Å². The Morgan fingerprint density at radius 1 is 1.53 bits per heavy atom. The number of carbonyl (C=O) groups is 1. The molecule has 0 saturated carbocycles. The van der Waals surface area contributed by atoms with Gasteiger partial charge in [0.2, 0.25) is 5.91 Å². The number of hydrogen-bond donors (Lipinski definition) is 2. The molecule has 82 valence electrons. The van der Waals surface area contributed by atoms with Crippen molar-refractivity contribution < 1.29 is 9.90 Å². The molecule has 1 rings (SSSR count). The Balaban J connectivity index is 2.69. The molecule has 15 heavy (non-hydrogen) atoms. The minimum absolute atomic E-state index is 0.0141. The number of nitrogens with one attached hydrogen (secondary N) is 1. The van der Waals surface area contributed by atoms with E-state index >= 15 is 0 Å². The SMILES string of the molecule is CCCC(=O)Nc1cccc(C(C)O)c1. The first-order valence-electron chi connectivity index (χ1n) is 5.21. The van der Waals surface area contributed by atoms with E-state index < -0.39 is 6.10 Å². The van der Waals surface area contributed by atoms with Crippen LogP contribution in [0.3, 0.4) is 0 Å². The van der Waals surface area contributed by atoms with Crippen molar-refractivity contribution in [2.45, 2.75) is 32.8 Å². The number of benzene rings is 1. The van der Waals surface area contributed by atoms with E-state index in [4.69, 9.17) is 0 Å². The highest BCUT2D eigenvalue weighted by molar-refractivity contribution is 5.90. The molecule has 1 aromatic carbocycles. The number of aliphatic hydroxyl groups is 1. The van der Waals surface area contributed by atoms with E-state index in [1.807, 2.05) is 25.1 Å². The number of amides is 1. The van der Waals surface area contributed by atoms with Crippen molar-refractivity contribution in [3.05, 3.63) is 29.8 Å². The molecule has 0 aliphatic rings. The van der Waals surface area contributed by atoms with E-state index in [2.05, 4.69) is 5.32 Å². The minimum atomic E-state index is -0.506. The number of rotatable bonds is 4. The third-order valence-electron chi connectivity index (χ3n) is 2.13. The van der Waals surface area contributed by atoms with Crippen LogP contribution in [0.25, 0.3) is 0 Å². The molecule has 0 saturated heterocycles. The van der Waals surface area contributed by atoms with E-state index in [1.54, 1.807) is 13.0 Å². The highest BCUT2D eigenvalue weighted by Gasteiger charge is 2.03. The van der Waals surface area contributed by atoms with Crippen molar-refractivity contribution >= 4 is 11.6 Å². The topological polar surface area (TPSA) is 49.3 Å². The first kappa shape index (κ1) is 11.7. The summed E-state index contributed by atoms with van der Waals surface area (Å²) in [6.45, 7) is 3.67. The van der Waals surface area contributed by atoms with Gasteiger partial charge in [-0.1, -0.05) is 19.1 Å². The van der Waals surface area contributed by atoms with Gasteiger partial charge in [0.15, 0.2) is 0 Å². The molecule has 1 unspecified atom stereocenters. The number of hydrogen-bond acceptors (Lipinski definition) is 2. The fourth-order valence-electron chi connectivity index (χ4n) is 1.33. The van der Waals surface area contributed by atoms with Gasteiger partial charge in [-0.2, -0.15) is 0 Å². The highest BCUT2D eigenvalue weighted by atomic mass is 16.3. The predicted octanol–water partition coefficient (Wildman–Crippen LogP) is 2.48. The van der Waals surface area contributed by atoms with E-state index in [1.165, 1.54) is 0 Å². The number of aliphatic hydroxyl groups excluding tert-OH is 1. The second-order valence-electron chi connectivity index (χ2n) is 3.60. The molecule has 0 fully saturated rings. The summed E-state index contributed by atoms with van der Waals surface area (Å²) >= 11 is 0. The highest BCUT2D eigenvalue weighted by Crippen LogP contribution is 2.17. The van der Waals surface area contributed by atoms with Crippen LogP contribution in [0.2, 0.25) is 0 Å². The van der Waals surface area contributed by atoms with E-state index in [-0.39, 0.29) is 5.91 Å². The molecule has 0 bridgehead atoms. The fraction of sp³-hybridized carbons (Fsp3) is 0.417. The second kappa shape index (κ2) is 5.51. The van der Waals surface area contributed by atoms with E-state index in [9.17, 15) is 9.90 Å². The third kappa shape index (κ3) is 3.72. The molecule has 0 spiro atoms. The zero-order chi connectivity index (χ0) is 11.3. The van der Waals surface area contributed by atoms with Crippen LogP contribution in [0.4, 0.5) is 5.69 Å². The Labute approximate surface area is 90.1 Å². The maximum Gasteiger partial charge on any atom is 0.224 e. The van der Waals surface area contributed by atoms with Crippen LogP contribution in [0.1, 0.15) is 38.4 Å². The molecule has 1 atom stereocenters. The van der Waals surface area contributed by atoms with Crippen molar-refractivity contribution in [2.24, 2.45) is 0 Å². The first-order valence-corrected chi connectivity index (χ1v) is 5.21. The largest absolute Gasteiger partial charge is 0.389 e. The number of anilines is 1. The molecule has 2 N–H and O–H groups in total. The third-order valence-corrected chi connectivity index (χ3v) is 2.13. The summed E-state index contributed by atoms with van der Waals surface area (Å²) in [4.78, 5) is 11.3. The molecule has 0 radical (unpaired) electrons. The normalized spacial score (nSPS) is 12.2. The van der Waals surface area contributed by atoms with Crippen LogP contribution in [0.5, 0.6) is 0 Å². The summed E-state index contributed by atoms with van der Waals surface area (Å²) in [5.41, 5.74) is 1.55. The zero-order valence-corrected chi connectivity index (χ0v) is 9.16. The minimum Gasteiger partial charge on any atom is -0.389 e. The summed E-state index contributed by atoms with van der Waals surface area (Å²) < 4.78 is 0. The average Bonchev–Trinajstić information content (AvgIpc) is 2.18. The molecule has 3 nitrogen and oxygen atoms in total. The van der Waals surface area contributed by atoms with E-state index in [0.717, 1.165) is 17.7 Å². The van der Waals surface area contributed by atoms with Crippen LogP contribution in [0, 0.1) is 0 Å². The van der Waals surface area contributed by atoms with Gasteiger partial charge in [0, 0.05) is 12.1 Å². The second-order valence-corrected chi connectivity index (χ2v) is 3.60. The summed E-state index contributed by atoms with van der Waals surface area (Å²) in [6.07, 6.45) is 0.855. The van der Waals surface area contributed by atoms with Gasteiger partial charge in [0.25, 0.3) is 0 Å². The lowest BCUT2D eigenvalue weighted by Crippen LogP contribution is -2.10. The monoisotopic (exact) mass is 207 g/mol. The molecule has 0 aromatic heterocycles. The van der Waals surface area contributed by atoms with Gasteiger partial charge in [0.05, 0.1) is 6.10 Å². The molecular formula is C12H17NO2. The number of carbonyl (C=O) groups excluding carboxylic acids is 1. The molecule has 0 aliphatic heterocycles. The molecule has 0 heterocycles. The van der Waals surface area contributed by atoms with Crippen LogP contribution in [0.15, 0.2) is 24.3 Å². The maximum absolute atomic E-state index is 11.3. The Morgan fingerprint density at radius 3 is 2.87 bits per heavy atom. The molecule has 3 heteroatoms. The van der Waals surface area contributed by atoms with Crippen LogP contribution < -0.4 is 5.32 Å². The van der Waals surface area contributed by atoms with Gasteiger partial charge < -0.3 is 10.4 Å². The summed E-state index contributed by atoms with van der Waals surface area (Å²) in [5.74, 6) is 0.0141. The first-order chi connectivity index (χ1) is 7.13. The van der Waals surface area contributed by atoms with Crippen molar-refractivity contribution in [3.63, 3.8) is 0 Å². The molecule has 1 amide bonds. The molecular weight excluding hydrogens is 190 g/mol. The van der Waals surface area contributed by atoms with Crippen molar-refractivity contribution in [1.29, 1.82) is 0 Å². The average molecular weight is 207 g/mol. The van der Waals surface area contributed by atoms with Gasteiger partial charge in [-0.25, -0.2) is 0 Å². The Kier molecular flexibility index (Phi) is 4.31. The summed E-state index contributed by atoms with van der Waals surface area (Å²) in [6, 6.07) is 7.27. The van der Waals surface area contributed by atoms with Crippen molar-refractivity contribution in [1.82, 2.24) is 0 Å². The molecule has 1 aromatic rings. The van der Waals surface area contributed by atoms with Gasteiger partial charge >= 0.3 is 0 Å². The Hall–Kier alpha value is -1.35. The summed E-state index contributed by atoms with van der Waals surface area (Å²) in [5, 5.41) is 12.2. The van der Waals surface area contributed by atoms with Gasteiger partial charge in [-0.15, -0.1) is 0 Å². The smallest absolute Gasteiger partial charge is 0.224 e. The summed E-state index contributed by atoms with van der Waals surface area (Å²) in [7, 11) is 0. The molecule has 0 aliphatic carbocycles. The van der Waals surface area contributed by atoms with Crippen molar-refractivity contribution in [3.8, 4) is 0 Å². The Morgan fingerprint density at radius 2 is 2.27 bits per heavy atom. The lowest BCUT2D eigenvalue weighted by Gasteiger charge is -2.08. The van der Waals surface area contributed by atoms with Crippen LogP contribution >= 0.6 is 0 Å².